The summed E-state index contributed by atoms with van der Waals surface area (Å²) in [6.45, 7) is 0.232. The van der Waals surface area contributed by atoms with E-state index in [0.717, 1.165) is 11.1 Å². The lowest BCUT2D eigenvalue weighted by atomic mass is 10.1. The van der Waals surface area contributed by atoms with Crippen LogP contribution in [-0.2, 0) is 13.2 Å². The van der Waals surface area contributed by atoms with Crippen molar-refractivity contribution in [2.75, 3.05) is 0 Å². The topological polar surface area (TPSA) is 49.3 Å². The second-order valence-corrected chi connectivity index (χ2v) is 5.02. The first-order valence-corrected chi connectivity index (χ1v) is 6.79. The normalized spacial score (nSPS) is 10.3. The smallest absolute Gasteiger partial charge is 0.254 e. The van der Waals surface area contributed by atoms with E-state index in [1.54, 1.807) is 18.2 Å². The number of aliphatic hydroxyl groups is 1. The highest BCUT2D eigenvalue weighted by Crippen LogP contribution is 2.24. The van der Waals surface area contributed by atoms with Crippen LogP contribution in [0.1, 0.15) is 21.5 Å². The zero-order chi connectivity index (χ0) is 14.5. The summed E-state index contributed by atoms with van der Waals surface area (Å²) in [5.74, 6) is -0.339. The fourth-order valence-corrected chi connectivity index (χ4v) is 2.43. The van der Waals surface area contributed by atoms with Gasteiger partial charge in [0.05, 0.1) is 22.2 Å². The van der Waals surface area contributed by atoms with Crippen molar-refractivity contribution in [3.05, 3.63) is 69.2 Å². The molecule has 1 amide bonds. The molecular weight excluding hydrogens is 297 g/mol. The van der Waals surface area contributed by atoms with Crippen molar-refractivity contribution in [3.63, 3.8) is 0 Å². The number of rotatable bonds is 4. The van der Waals surface area contributed by atoms with E-state index >= 15 is 0 Å². The standard InChI is InChI=1S/C15H13Cl2NO2/c16-12-6-3-7-13(17)14(12)15(20)18-8-10-4-1-2-5-11(10)9-19/h1-7,19H,8-9H2,(H,18,20). The molecule has 0 aliphatic rings. The molecule has 0 aliphatic heterocycles. The number of benzene rings is 2. The third-order valence-electron chi connectivity index (χ3n) is 2.92. The average molecular weight is 310 g/mol. The summed E-state index contributed by atoms with van der Waals surface area (Å²) in [7, 11) is 0. The Morgan fingerprint density at radius 3 is 2.20 bits per heavy atom. The van der Waals surface area contributed by atoms with Crippen LogP contribution in [0.15, 0.2) is 42.5 Å². The number of aliphatic hydroxyl groups excluding tert-OH is 1. The second-order valence-electron chi connectivity index (χ2n) is 4.21. The molecule has 0 aliphatic carbocycles. The lowest BCUT2D eigenvalue weighted by Gasteiger charge is -2.10. The lowest BCUT2D eigenvalue weighted by Crippen LogP contribution is -2.24. The van der Waals surface area contributed by atoms with Crippen LogP contribution < -0.4 is 5.32 Å². The third-order valence-corrected chi connectivity index (χ3v) is 3.55. The summed E-state index contributed by atoms with van der Waals surface area (Å²) < 4.78 is 0. The molecule has 0 atom stereocenters. The van der Waals surface area contributed by atoms with Crippen molar-refractivity contribution in [3.8, 4) is 0 Å². The van der Waals surface area contributed by atoms with E-state index < -0.39 is 0 Å². The van der Waals surface area contributed by atoms with E-state index in [-0.39, 0.29) is 18.1 Å². The molecule has 20 heavy (non-hydrogen) atoms. The minimum Gasteiger partial charge on any atom is -0.392 e. The van der Waals surface area contributed by atoms with Crippen molar-refractivity contribution in [2.45, 2.75) is 13.2 Å². The van der Waals surface area contributed by atoms with Crippen molar-refractivity contribution < 1.29 is 9.90 Å². The van der Waals surface area contributed by atoms with Gasteiger partial charge in [-0.3, -0.25) is 4.79 Å². The number of carbonyl (C=O) groups is 1. The molecule has 3 nitrogen and oxygen atoms in total. The Balaban J connectivity index is 2.13. The highest BCUT2D eigenvalue weighted by Gasteiger charge is 2.14. The first-order chi connectivity index (χ1) is 9.63. The molecule has 0 saturated heterocycles. The zero-order valence-corrected chi connectivity index (χ0v) is 12.1. The maximum Gasteiger partial charge on any atom is 0.254 e. The van der Waals surface area contributed by atoms with Gasteiger partial charge in [-0.15, -0.1) is 0 Å². The van der Waals surface area contributed by atoms with Crippen LogP contribution in [0.2, 0.25) is 10.0 Å². The summed E-state index contributed by atoms with van der Waals surface area (Å²) in [5.41, 5.74) is 1.89. The maximum absolute atomic E-state index is 12.1. The monoisotopic (exact) mass is 309 g/mol. The molecule has 5 heteroatoms. The van der Waals surface area contributed by atoms with E-state index in [0.29, 0.717) is 16.6 Å². The van der Waals surface area contributed by atoms with Crippen LogP contribution in [0.3, 0.4) is 0 Å². The summed E-state index contributed by atoms with van der Waals surface area (Å²) in [6.07, 6.45) is 0. The Kier molecular flexibility index (Phi) is 5.01. The molecular formula is C15H13Cl2NO2. The van der Waals surface area contributed by atoms with E-state index in [9.17, 15) is 9.90 Å². The predicted molar refractivity (Wildman–Crippen MR) is 80.0 cm³/mol. The van der Waals surface area contributed by atoms with Gasteiger partial charge < -0.3 is 10.4 Å². The Labute approximate surface area is 127 Å². The van der Waals surface area contributed by atoms with Crippen LogP contribution in [0.5, 0.6) is 0 Å². The molecule has 0 unspecified atom stereocenters. The zero-order valence-electron chi connectivity index (χ0n) is 10.6. The fourth-order valence-electron chi connectivity index (χ4n) is 1.86. The molecule has 0 spiro atoms. The second kappa shape index (κ2) is 6.75. The van der Waals surface area contributed by atoms with Crippen molar-refractivity contribution in [1.82, 2.24) is 5.32 Å². The molecule has 0 fully saturated rings. The van der Waals surface area contributed by atoms with Crippen LogP contribution >= 0.6 is 23.2 Å². The Morgan fingerprint density at radius 1 is 1.00 bits per heavy atom. The summed E-state index contributed by atoms with van der Waals surface area (Å²) in [6, 6.07) is 12.3. The minimum absolute atomic E-state index is 0.0705. The number of halogens is 2. The predicted octanol–water partition coefficient (Wildman–Crippen LogP) is 3.42. The first-order valence-electron chi connectivity index (χ1n) is 6.03. The molecule has 104 valence electrons. The molecule has 2 rings (SSSR count). The van der Waals surface area contributed by atoms with E-state index in [4.69, 9.17) is 23.2 Å². The van der Waals surface area contributed by atoms with Crippen molar-refractivity contribution >= 4 is 29.1 Å². The number of nitrogens with one attached hydrogen (secondary N) is 1. The van der Waals surface area contributed by atoms with Gasteiger partial charge >= 0.3 is 0 Å². The van der Waals surface area contributed by atoms with Gasteiger partial charge in [0.15, 0.2) is 0 Å². The lowest BCUT2D eigenvalue weighted by molar-refractivity contribution is 0.0951. The third kappa shape index (κ3) is 3.31. The molecule has 2 aromatic rings. The number of hydrogen-bond donors (Lipinski definition) is 2. The molecule has 2 N–H and O–H groups in total. The van der Waals surface area contributed by atoms with Gasteiger partial charge in [0, 0.05) is 6.54 Å². The van der Waals surface area contributed by atoms with Gasteiger partial charge in [-0.05, 0) is 23.3 Å². The van der Waals surface area contributed by atoms with E-state index in [1.807, 2.05) is 24.3 Å². The summed E-state index contributed by atoms with van der Waals surface area (Å²) >= 11 is 12.0. The first kappa shape index (κ1) is 14.9. The Hall–Kier alpha value is -1.55. The highest BCUT2D eigenvalue weighted by atomic mass is 35.5. The molecule has 0 bridgehead atoms. The van der Waals surface area contributed by atoms with E-state index in [2.05, 4.69) is 5.32 Å². The van der Waals surface area contributed by atoms with Gasteiger partial charge in [-0.1, -0.05) is 53.5 Å². The molecule has 0 saturated carbocycles. The van der Waals surface area contributed by atoms with E-state index in [1.165, 1.54) is 0 Å². The quantitative estimate of drug-likeness (QED) is 0.909. The Bertz CT molecular complexity index is 609. The summed E-state index contributed by atoms with van der Waals surface area (Å²) in [4.78, 5) is 12.1. The van der Waals surface area contributed by atoms with Crippen molar-refractivity contribution in [1.29, 1.82) is 0 Å². The minimum atomic E-state index is -0.339. The van der Waals surface area contributed by atoms with Gasteiger partial charge in [-0.25, -0.2) is 0 Å². The highest BCUT2D eigenvalue weighted by molar-refractivity contribution is 6.39. The van der Waals surface area contributed by atoms with Crippen LogP contribution in [0, 0.1) is 0 Å². The van der Waals surface area contributed by atoms with Crippen LogP contribution in [0.4, 0.5) is 0 Å². The maximum atomic E-state index is 12.1. The summed E-state index contributed by atoms with van der Waals surface area (Å²) in [5, 5.41) is 12.6. The van der Waals surface area contributed by atoms with Gasteiger partial charge in [0.25, 0.3) is 5.91 Å². The van der Waals surface area contributed by atoms with Crippen LogP contribution in [-0.4, -0.2) is 11.0 Å². The molecule has 2 aromatic carbocycles. The van der Waals surface area contributed by atoms with Gasteiger partial charge in [0.2, 0.25) is 0 Å². The molecule has 0 radical (unpaired) electrons. The van der Waals surface area contributed by atoms with Crippen LogP contribution in [0.25, 0.3) is 0 Å². The number of carbonyl (C=O) groups excluding carboxylic acids is 1. The number of hydrogen-bond acceptors (Lipinski definition) is 2. The van der Waals surface area contributed by atoms with Gasteiger partial charge in [0.1, 0.15) is 0 Å². The largest absolute Gasteiger partial charge is 0.392 e. The number of amides is 1. The molecule has 0 heterocycles. The average Bonchev–Trinajstić information content (AvgIpc) is 2.45. The van der Waals surface area contributed by atoms with Gasteiger partial charge in [-0.2, -0.15) is 0 Å². The molecule has 0 aromatic heterocycles. The SMILES string of the molecule is O=C(NCc1ccccc1CO)c1c(Cl)cccc1Cl. The Morgan fingerprint density at radius 2 is 1.60 bits per heavy atom. The van der Waals surface area contributed by atoms with Crippen molar-refractivity contribution in [2.24, 2.45) is 0 Å². The fraction of sp³-hybridized carbons (Fsp3) is 0.133.